The fourth-order valence-electron chi connectivity index (χ4n) is 5.41. The monoisotopic (exact) mass is 459 g/mol. The van der Waals surface area contributed by atoms with Gasteiger partial charge in [-0.3, -0.25) is 14.4 Å². The lowest BCUT2D eigenvalue weighted by atomic mass is 10.0. The summed E-state index contributed by atoms with van der Waals surface area (Å²) in [5.41, 5.74) is 4.26. The van der Waals surface area contributed by atoms with Gasteiger partial charge >= 0.3 is 0 Å². The van der Waals surface area contributed by atoms with Gasteiger partial charge in [0, 0.05) is 55.2 Å². The van der Waals surface area contributed by atoms with Crippen LogP contribution in [0.2, 0.25) is 0 Å². The molecule has 2 aliphatic heterocycles. The summed E-state index contributed by atoms with van der Waals surface area (Å²) in [4.78, 5) is 16.3. The summed E-state index contributed by atoms with van der Waals surface area (Å²) in [5.74, 6) is 0.651. The van der Waals surface area contributed by atoms with Crippen molar-refractivity contribution in [3.8, 4) is 22.9 Å². The molecule has 0 saturated carbocycles. The predicted octanol–water partition coefficient (Wildman–Crippen LogP) is 2.81. The molecule has 176 valence electrons. The van der Waals surface area contributed by atoms with E-state index in [4.69, 9.17) is 9.84 Å². The number of piperidine rings is 1. The van der Waals surface area contributed by atoms with Gasteiger partial charge < -0.3 is 9.64 Å². The second kappa shape index (κ2) is 8.95. The number of pyridine rings is 1. The number of carbonyl (C=O) groups excluding carboxylic acids is 1. The molecule has 0 bridgehead atoms. The second-order valence-corrected chi connectivity index (χ2v) is 9.05. The maximum atomic E-state index is 11.9. The number of carbonyl (C=O) groups is 1. The Balaban J connectivity index is 1.31. The van der Waals surface area contributed by atoms with E-state index >= 15 is 0 Å². The fourth-order valence-corrected chi connectivity index (χ4v) is 5.41. The molecule has 9 heteroatoms. The van der Waals surface area contributed by atoms with Crippen LogP contribution in [0.4, 0.5) is 0 Å². The van der Waals surface area contributed by atoms with Crippen LogP contribution < -0.4 is 4.74 Å². The minimum absolute atomic E-state index is 0.0332. The number of amides is 1. The van der Waals surface area contributed by atoms with E-state index in [0.717, 1.165) is 62.3 Å². The van der Waals surface area contributed by atoms with E-state index in [2.05, 4.69) is 34.3 Å². The van der Waals surface area contributed by atoms with Gasteiger partial charge in [0.25, 0.3) is 0 Å². The molecule has 34 heavy (non-hydrogen) atoms. The Morgan fingerprint density at radius 3 is 2.68 bits per heavy atom. The number of nitrogens with zero attached hydrogens (tertiary/aromatic N) is 7. The highest BCUT2D eigenvalue weighted by molar-refractivity contribution is 5.87. The maximum absolute atomic E-state index is 11.9. The first-order valence-electron chi connectivity index (χ1n) is 11.7. The van der Waals surface area contributed by atoms with Crippen molar-refractivity contribution in [3.05, 3.63) is 48.6 Å². The van der Waals surface area contributed by atoms with Crippen LogP contribution >= 0.6 is 0 Å². The van der Waals surface area contributed by atoms with E-state index in [1.807, 2.05) is 23.4 Å². The zero-order chi connectivity index (χ0) is 23.8. The van der Waals surface area contributed by atoms with Gasteiger partial charge in [0.15, 0.2) is 0 Å². The van der Waals surface area contributed by atoms with Crippen molar-refractivity contribution in [3.63, 3.8) is 0 Å². The first-order valence-corrected chi connectivity index (χ1v) is 11.7. The van der Waals surface area contributed by atoms with Crippen LogP contribution in [0.25, 0.3) is 16.6 Å². The van der Waals surface area contributed by atoms with Crippen molar-refractivity contribution < 1.29 is 9.53 Å². The van der Waals surface area contributed by atoms with Crippen molar-refractivity contribution >= 4 is 11.4 Å². The van der Waals surface area contributed by atoms with Crippen molar-refractivity contribution in [2.24, 2.45) is 0 Å². The molecular formula is C25H29N7O2. The molecule has 2 saturated heterocycles. The molecule has 1 atom stereocenters. The first-order chi connectivity index (χ1) is 16.5. The van der Waals surface area contributed by atoms with Gasteiger partial charge in [0.2, 0.25) is 5.91 Å². The zero-order valence-electron chi connectivity index (χ0n) is 19.6. The Morgan fingerprint density at radius 1 is 1.21 bits per heavy atom. The molecule has 1 amide bonds. The van der Waals surface area contributed by atoms with Crippen molar-refractivity contribution in [1.29, 1.82) is 5.26 Å². The van der Waals surface area contributed by atoms with E-state index < -0.39 is 0 Å². The Kier molecular flexibility index (Phi) is 5.84. The normalized spacial score (nSPS) is 19.4. The molecule has 5 heterocycles. The topological polar surface area (TPSA) is 91.7 Å². The minimum atomic E-state index is 0.0332. The van der Waals surface area contributed by atoms with Gasteiger partial charge in [-0.2, -0.15) is 15.5 Å². The molecule has 0 N–H and O–H groups in total. The van der Waals surface area contributed by atoms with Gasteiger partial charge in [0.1, 0.15) is 22.9 Å². The Morgan fingerprint density at radius 2 is 1.97 bits per heavy atom. The molecule has 0 radical (unpaired) electrons. The van der Waals surface area contributed by atoms with Crippen LogP contribution in [-0.4, -0.2) is 74.4 Å². The first kappa shape index (κ1) is 22.2. The number of likely N-dealkylation sites (tertiary alicyclic amines) is 2. The largest absolute Gasteiger partial charge is 0.494 e. The molecule has 3 aromatic rings. The minimum Gasteiger partial charge on any atom is -0.494 e. The van der Waals surface area contributed by atoms with Crippen LogP contribution in [0.5, 0.6) is 5.75 Å². The highest BCUT2D eigenvalue weighted by atomic mass is 16.5. The lowest BCUT2D eigenvalue weighted by Crippen LogP contribution is -2.43. The molecule has 9 nitrogen and oxygen atoms in total. The third kappa shape index (κ3) is 3.74. The number of fused-ring (bicyclic) bond motifs is 1. The number of aromatic nitrogens is 4. The standard InChI is InChI=1S/C25H29N7O2/c1-4-24(33)30-10-7-21(16-30)29-8-5-20(6-9-29)32-17(2)22(14-28-32)18-11-23(34-3)25-19(12-26)13-27-31(25)15-18/h4,11,13-15,20-21H,1,5-10,16H2,2-3H3/t21-/m1/s1. The molecule has 5 rings (SSSR count). The number of hydrogen-bond acceptors (Lipinski definition) is 6. The molecule has 0 aromatic carbocycles. The average molecular weight is 460 g/mol. The van der Waals surface area contributed by atoms with Crippen LogP contribution in [0.3, 0.4) is 0 Å². The third-order valence-corrected chi connectivity index (χ3v) is 7.28. The van der Waals surface area contributed by atoms with Crippen molar-refractivity contribution in [1.82, 2.24) is 29.2 Å². The van der Waals surface area contributed by atoms with E-state index in [-0.39, 0.29) is 5.91 Å². The summed E-state index contributed by atoms with van der Waals surface area (Å²) in [6.45, 7) is 9.33. The quantitative estimate of drug-likeness (QED) is 0.545. The van der Waals surface area contributed by atoms with Crippen LogP contribution in [0.1, 0.15) is 36.6 Å². The summed E-state index contributed by atoms with van der Waals surface area (Å²) in [6.07, 6.45) is 9.89. The lowest BCUT2D eigenvalue weighted by Gasteiger charge is -2.36. The van der Waals surface area contributed by atoms with Crippen LogP contribution in [0, 0.1) is 18.3 Å². The van der Waals surface area contributed by atoms with Gasteiger partial charge in [-0.15, -0.1) is 0 Å². The van der Waals surface area contributed by atoms with Gasteiger partial charge in [-0.25, -0.2) is 4.52 Å². The Hall–Kier alpha value is -3.64. The Bertz CT molecular complexity index is 1280. The Labute approximate surface area is 198 Å². The molecule has 3 aromatic heterocycles. The molecule has 0 spiro atoms. The van der Waals surface area contributed by atoms with Crippen molar-refractivity contribution in [2.75, 3.05) is 33.3 Å². The molecular weight excluding hydrogens is 430 g/mol. The predicted molar refractivity (Wildman–Crippen MR) is 127 cm³/mol. The van der Waals surface area contributed by atoms with Gasteiger partial charge in [0.05, 0.1) is 25.5 Å². The van der Waals surface area contributed by atoms with Gasteiger partial charge in [-0.1, -0.05) is 6.58 Å². The summed E-state index contributed by atoms with van der Waals surface area (Å²) in [6, 6.07) is 4.90. The third-order valence-electron chi connectivity index (χ3n) is 7.28. The second-order valence-electron chi connectivity index (χ2n) is 9.05. The SMILES string of the molecule is C=CC(=O)N1CC[C@@H](N2CCC(n3ncc(-c4cc(OC)c5c(C#N)cnn5c4)c3C)CC2)C1. The zero-order valence-corrected chi connectivity index (χ0v) is 19.6. The fraction of sp³-hybridized carbons (Fsp3) is 0.440. The summed E-state index contributed by atoms with van der Waals surface area (Å²) in [7, 11) is 1.61. The van der Waals surface area contributed by atoms with Crippen LogP contribution in [0.15, 0.2) is 37.3 Å². The summed E-state index contributed by atoms with van der Waals surface area (Å²) >= 11 is 0. The lowest BCUT2D eigenvalue weighted by molar-refractivity contribution is -0.125. The molecule has 2 aliphatic rings. The highest BCUT2D eigenvalue weighted by Crippen LogP contribution is 2.34. The van der Waals surface area contributed by atoms with E-state index in [1.165, 1.54) is 6.08 Å². The number of rotatable bonds is 5. The summed E-state index contributed by atoms with van der Waals surface area (Å²) < 4.78 is 9.42. The average Bonchev–Trinajstić information content (AvgIpc) is 3.61. The highest BCUT2D eigenvalue weighted by Gasteiger charge is 2.32. The van der Waals surface area contributed by atoms with Crippen LogP contribution in [-0.2, 0) is 4.79 Å². The van der Waals surface area contributed by atoms with E-state index in [1.54, 1.807) is 17.8 Å². The molecule has 2 fully saturated rings. The van der Waals surface area contributed by atoms with E-state index in [0.29, 0.717) is 28.9 Å². The number of methoxy groups -OCH3 is 1. The number of nitriles is 1. The van der Waals surface area contributed by atoms with Crippen molar-refractivity contribution in [2.45, 2.75) is 38.3 Å². The summed E-state index contributed by atoms with van der Waals surface area (Å²) in [5, 5.41) is 18.4. The number of hydrogen-bond donors (Lipinski definition) is 0. The number of ether oxygens (including phenoxy) is 1. The van der Waals surface area contributed by atoms with Gasteiger partial charge in [-0.05, 0) is 38.3 Å². The maximum Gasteiger partial charge on any atom is 0.246 e. The smallest absolute Gasteiger partial charge is 0.246 e. The molecule has 0 aliphatic carbocycles. The molecule has 0 unspecified atom stereocenters. The van der Waals surface area contributed by atoms with E-state index in [9.17, 15) is 10.1 Å².